The molecular weight excluding hydrogens is 504 g/mol. The van der Waals surface area contributed by atoms with E-state index in [1.807, 2.05) is 12.1 Å². The summed E-state index contributed by atoms with van der Waals surface area (Å²) in [6.45, 7) is 9.04. The highest BCUT2D eigenvalue weighted by atomic mass is 32.1. The summed E-state index contributed by atoms with van der Waals surface area (Å²) >= 11 is 1.22. The Bertz CT molecular complexity index is 1600. The van der Waals surface area contributed by atoms with Gasteiger partial charge in [0.05, 0.1) is 42.2 Å². The van der Waals surface area contributed by atoms with Crippen molar-refractivity contribution in [1.82, 2.24) is 4.57 Å². The molecule has 0 bridgehead atoms. The van der Waals surface area contributed by atoms with Crippen LogP contribution in [0.1, 0.15) is 43.5 Å². The molecule has 2 heterocycles. The summed E-state index contributed by atoms with van der Waals surface area (Å²) in [7, 11) is 3.05. The van der Waals surface area contributed by atoms with Gasteiger partial charge in [-0.1, -0.05) is 29.5 Å². The Balaban J connectivity index is 1.93. The molecule has 0 aliphatic carbocycles. The first-order chi connectivity index (χ1) is 18.2. The highest BCUT2D eigenvalue weighted by Crippen LogP contribution is 2.33. The van der Waals surface area contributed by atoms with Crippen molar-refractivity contribution in [2.75, 3.05) is 14.2 Å². The summed E-state index contributed by atoms with van der Waals surface area (Å²) in [6.07, 6.45) is 3.51. The van der Waals surface area contributed by atoms with Gasteiger partial charge in [0.15, 0.2) is 16.3 Å². The maximum atomic E-state index is 13.8. The van der Waals surface area contributed by atoms with Crippen LogP contribution in [0.15, 0.2) is 70.1 Å². The number of methoxy groups -OCH3 is 2. The Hall–Kier alpha value is -4.11. The van der Waals surface area contributed by atoms with Crippen LogP contribution in [0.5, 0.6) is 17.2 Å². The summed E-state index contributed by atoms with van der Waals surface area (Å²) in [5, 5.41) is 10.4. The number of hydrogen-bond acceptors (Lipinski definition) is 8. The number of aromatic hydroxyl groups is 1. The fourth-order valence-electron chi connectivity index (χ4n) is 4.35. The largest absolute Gasteiger partial charge is 0.504 e. The molecule has 0 saturated heterocycles. The van der Waals surface area contributed by atoms with Gasteiger partial charge in [-0.3, -0.25) is 9.36 Å². The molecule has 9 heteroatoms. The molecule has 1 aliphatic heterocycles. The SMILES string of the molecule is C=CCc1cc(/C=c2/sc3n(c2=O)[C@@H](c2ccc(OC)cc2)C(C(=O)OC(C)C)=C(C)N=3)cc(OC)c1O. The van der Waals surface area contributed by atoms with Gasteiger partial charge in [-0.25, -0.2) is 9.79 Å². The van der Waals surface area contributed by atoms with E-state index in [2.05, 4.69) is 11.6 Å². The lowest BCUT2D eigenvalue weighted by Gasteiger charge is -2.25. The number of rotatable bonds is 8. The molecule has 0 spiro atoms. The number of benzene rings is 2. The number of carbonyl (C=O) groups excluding carboxylic acids is 1. The van der Waals surface area contributed by atoms with E-state index in [0.717, 1.165) is 5.56 Å². The number of allylic oxidation sites excluding steroid dienone is 2. The first-order valence-corrected chi connectivity index (χ1v) is 12.9. The van der Waals surface area contributed by atoms with Crippen molar-refractivity contribution in [3.63, 3.8) is 0 Å². The van der Waals surface area contributed by atoms with Crippen molar-refractivity contribution in [1.29, 1.82) is 0 Å². The van der Waals surface area contributed by atoms with Crippen LogP contribution in [0, 0.1) is 0 Å². The molecule has 0 fully saturated rings. The van der Waals surface area contributed by atoms with E-state index in [9.17, 15) is 14.7 Å². The van der Waals surface area contributed by atoms with Crippen LogP contribution in [-0.4, -0.2) is 36.0 Å². The van der Waals surface area contributed by atoms with Gasteiger partial charge in [-0.05, 0) is 68.7 Å². The van der Waals surface area contributed by atoms with Crippen LogP contribution < -0.4 is 24.4 Å². The predicted molar refractivity (Wildman–Crippen MR) is 147 cm³/mol. The molecule has 0 saturated carbocycles. The van der Waals surface area contributed by atoms with Gasteiger partial charge >= 0.3 is 5.97 Å². The first-order valence-electron chi connectivity index (χ1n) is 12.1. The summed E-state index contributed by atoms with van der Waals surface area (Å²) in [4.78, 5) is 32.1. The summed E-state index contributed by atoms with van der Waals surface area (Å²) in [6, 6.07) is 9.96. The van der Waals surface area contributed by atoms with Crippen molar-refractivity contribution in [3.05, 3.63) is 96.7 Å². The smallest absolute Gasteiger partial charge is 0.338 e. The van der Waals surface area contributed by atoms with Crippen molar-refractivity contribution in [3.8, 4) is 17.2 Å². The lowest BCUT2D eigenvalue weighted by atomic mass is 9.96. The van der Waals surface area contributed by atoms with Crippen molar-refractivity contribution in [2.24, 2.45) is 4.99 Å². The molecule has 8 nitrogen and oxygen atoms in total. The normalized spacial score (nSPS) is 15.2. The van der Waals surface area contributed by atoms with Crippen LogP contribution >= 0.6 is 11.3 Å². The summed E-state index contributed by atoms with van der Waals surface area (Å²) in [5.41, 5.74) is 2.53. The van der Waals surface area contributed by atoms with Crippen LogP contribution in [0.2, 0.25) is 0 Å². The third-order valence-corrected chi connectivity index (χ3v) is 7.06. The van der Waals surface area contributed by atoms with E-state index in [-0.39, 0.29) is 17.4 Å². The number of fused-ring (bicyclic) bond motifs is 1. The Morgan fingerprint density at radius 2 is 1.92 bits per heavy atom. The fraction of sp³-hybridized carbons (Fsp3) is 0.276. The molecule has 0 unspecified atom stereocenters. The maximum Gasteiger partial charge on any atom is 0.338 e. The Morgan fingerprint density at radius 3 is 2.53 bits per heavy atom. The van der Waals surface area contributed by atoms with Gasteiger partial charge in [0.2, 0.25) is 0 Å². The molecule has 1 atom stereocenters. The number of phenolic OH excluding ortho intramolecular Hbond substituents is 1. The summed E-state index contributed by atoms with van der Waals surface area (Å²) < 4.78 is 18.1. The quantitative estimate of drug-likeness (QED) is 0.350. The second-order valence-electron chi connectivity index (χ2n) is 9.03. The van der Waals surface area contributed by atoms with Gasteiger partial charge < -0.3 is 19.3 Å². The number of aromatic nitrogens is 1. The third kappa shape index (κ3) is 5.15. The minimum atomic E-state index is -0.726. The first kappa shape index (κ1) is 26.9. The standard InChI is InChI=1S/C29H30N2O6S/c1-7-8-20-13-18(14-22(36-6)26(20)32)15-23-27(33)31-25(19-9-11-21(35-5)12-10-19)24(28(34)37-16(2)3)17(4)30-29(31)38-23/h7,9-16,25,32H,1,8H2,2-6H3/b23-15+/t25-/m0/s1. The zero-order valence-electron chi connectivity index (χ0n) is 22.0. The maximum absolute atomic E-state index is 13.8. The van der Waals surface area contributed by atoms with Crippen LogP contribution in [0.25, 0.3) is 6.08 Å². The molecule has 0 radical (unpaired) electrons. The molecule has 198 valence electrons. The number of phenols is 1. The number of esters is 1. The molecule has 4 rings (SSSR count). The van der Waals surface area contributed by atoms with Crippen molar-refractivity contribution >= 4 is 23.4 Å². The molecule has 38 heavy (non-hydrogen) atoms. The number of carbonyl (C=O) groups is 1. The van der Waals surface area contributed by atoms with Gasteiger partial charge in [0.1, 0.15) is 5.75 Å². The van der Waals surface area contributed by atoms with Crippen LogP contribution in [-0.2, 0) is 16.0 Å². The van der Waals surface area contributed by atoms with E-state index < -0.39 is 12.0 Å². The second kappa shape index (κ2) is 11.1. The third-order valence-electron chi connectivity index (χ3n) is 6.07. The van der Waals surface area contributed by atoms with Gasteiger partial charge in [0.25, 0.3) is 5.56 Å². The van der Waals surface area contributed by atoms with Gasteiger partial charge in [-0.15, -0.1) is 6.58 Å². The molecule has 2 aromatic carbocycles. The average Bonchev–Trinajstić information content (AvgIpc) is 3.18. The lowest BCUT2D eigenvalue weighted by molar-refractivity contribution is -0.143. The highest BCUT2D eigenvalue weighted by Gasteiger charge is 2.33. The Morgan fingerprint density at radius 1 is 1.21 bits per heavy atom. The Labute approximate surface area is 224 Å². The van der Waals surface area contributed by atoms with E-state index in [4.69, 9.17) is 14.2 Å². The van der Waals surface area contributed by atoms with Gasteiger partial charge in [0, 0.05) is 5.56 Å². The number of thiazole rings is 1. The lowest BCUT2D eigenvalue weighted by Crippen LogP contribution is -2.40. The Kier molecular flexibility index (Phi) is 7.87. The van der Waals surface area contributed by atoms with E-state index in [1.165, 1.54) is 23.0 Å². The summed E-state index contributed by atoms with van der Waals surface area (Å²) in [5.74, 6) is 0.474. The number of hydrogen-bond donors (Lipinski definition) is 1. The zero-order valence-corrected chi connectivity index (χ0v) is 22.8. The molecule has 1 aliphatic rings. The average molecular weight is 535 g/mol. The minimum absolute atomic E-state index is 0.0365. The molecule has 1 aromatic heterocycles. The van der Waals surface area contributed by atoms with Crippen LogP contribution in [0.3, 0.4) is 0 Å². The van der Waals surface area contributed by atoms with Crippen molar-refractivity contribution < 1.29 is 24.1 Å². The second-order valence-corrected chi connectivity index (χ2v) is 10.0. The fourth-order valence-corrected chi connectivity index (χ4v) is 5.40. The molecule has 0 amide bonds. The number of nitrogens with zero attached hydrogens (tertiary/aromatic N) is 2. The topological polar surface area (TPSA) is 99.4 Å². The van der Waals surface area contributed by atoms with E-state index in [0.29, 0.717) is 49.7 Å². The van der Waals surface area contributed by atoms with E-state index >= 15 is 0 Å². The van der Waals surface area contributed by atoms with Crippen molar-refractivity contribution in [2.45, 2.75) is 39.3 Å². The highest BCUT2D eigenvalue weighted by molar-refractivity contribution is 7.07. The molecule has 1 N–H and O–H groups in total. The number of ether oxygens (including phenoxy) is 3. The molecular formula is C29H30N2O6S. The predicted octanol–water partition coefficient (Wildman–Crippen LogP) is 3.64. The van der Waals surface area contributed by atoms with Gasteiger partial charge in [-0.2, -0.15) is 0 Å². The zero-order chi connectivity index (χ0) is 27.6. The van der Waals surface area contributed by atoms with Crippen LogP contribution in [0.4, 0.5) is 0 Å². The monoisotopic (exact) mass is 534 g/mol. The molecule has 3 aromatic rings. The minimum Gasteiger partial charge on any atom is -0.504 e. The van der Waals surface area contributed by atoms with E-state index in [1.54, 1.807) is 64.3 Å².